The molecule has 0 atom stereocenters. The minimum absolute atomic E-state index is 0.330. The molecule has 0 radical (unpaired) electrons. The van der Waals surface area contributed by atoms with Gasteiger partial charge in [-0.25, -0.2) is 0 Å². The minimum atomic E-state index is -3.67. The molecular weight excluding hydrogens is 456 g/mol. The van der Waals surface area contributed by atoms with Crippen molar-refractivity contribution in [3.8, 4) is 0 Å². The number of nitrogens with zero attached hydrogens (tertiary/aromatic N) is 6. The summed E-state index contributed by atoms with van der Waals surface area (Å²) in [5.74, 6) is 3.18. The maximum atomic E-state index is 9.19. The highest BCUT2D eigenvalue weighted by Crippen LogP contribution is 2.27. The molecule has 1 aromatic rings. The highest BCUT2D eigenvalue weighted by molar-refractivity contribution is 7.85. The summed E-state index contributed by atoms with van der Waals surface area (Å²) in [7, 11) is -3.67. The Kier molecular flexibility index (Phi) is 10.6. The van der Waals surface area contributed by atoms with E-state index >= 15 is 0 Å². The van der Waals surface area contributed by atoms with E-state index in [1.165, 1.54) is 45.1 Å². The molecule has 0 amide bonds. The van der Waals surface area contributed by atoms with E-state index in [0.717, 1.165) is 82.8 Å². The maximum Gasteiger partial charge on any atom is 0.261 e. The monoisotopic (exact) mass is 498 g/mol. The van der Waals surface area contributed by atoms with Gasteiger partial charge in [0.05, 0.1) is 6.26 Å². The third-order valence-electron chi connectivity index (χ3n) is 6.59. The van der Waals surface area contributed by atoms with E-state index in [1.54, 1.807) is 0 Å². The molecule has 1 aromatic heterocycles. The summed E-state index contributed by atoms with van der Waals surface area (Å²) >= 11 is 0. The fraction of sp³-hybridized carbons (Fsp3) is 0.826. The Hall–Kier alpha value is -1.69. The molecule has 3 aliphatic rings. The van der Waals surface area contributed by atoms with Gasteiger partial charge in [-0.1, -0.05) is 12.8 Å². The lowest BCUT2D eigenvalue weighted by Crippen LogP contribution is -2.47. The summed E-state index contributed by atoms with van der Waals surface area (Å²) in [6, 6.07) is 2.23. The van der Waals surface area contributed by atoms with Crippen molar-refractivity contribution in [2.45, 2.75) is 51.4 Å². The van der Waals surface area contributed by atoms with Gasteiger partial charge in [-0.2, -0.15) is 18.4 Å². The first kappa shape index (κ1) is 26.9. The number of aliphatic hydroxyl groups is 1. The van der Waals surface area contributed by atoms with Gasteiger partial charge in [0.25, 0.3) is 10.1 Å². The minimum Gasteiger partial charge on any atom is -0.396 e. The standard InChI is InChI=1S/C22H38N6O.CH4O3S/c29-18-8-2-1-3-9-25-14-16-27(17-15-25)21-19-20(26-10-4-5-11-26)23-22(24-21)28-12-6-7-13-28;1-5(2,3)4/h19,29H,1-18H2;1H3,(H,2,3,4). The van der Waals surface area contributed by atoms with Crippen LogP contribution >= 0.6 is 0 Å². The second kappa shape index (κ2) is 13.4. The molecule has 4 heterocycles. The number of unbranched alkanes of at least 4 members (excludes halogenated alkanes) is 3. The first-order valence-corrected chi connectivity index (χ1v) is 14.6. The van der Waals surface area contributed by atoms with Crippen LogP contribution in [0.25, 0.3) is 0 Å². The van der Waals surface area contributed by atoms with Crippen molar-refractivity contribution in [1.82, 2.24) is 14.9 Å². The first-order valence-electron chi connectivity index (χ1n) is 12.7. The van der Waals surface area contributed by atoms with E-state index in [1.807, 2.05) is 0 Å². The molecule has 0 aromatic carbocycles. The number of rotatable bonds is 9. The van der Waals surface area contributed by atoms with E-state index in [-0.39, 0.29) is 0 Å². The Morgan fingerprint density at radius 3 is 1.76 bits per heavy atom. The van der Waals surface area contributed by atoms with E-state index in [0.29, 0.717) is 12.9 Å². The third-order valence-corrected chi connectivity index (χ3v) is 6.59. The molecule has 194 valence electrons. The molecule has 2 N–H and O–H groups in total. The largest absolute Gasteiger partial charge is 0.396 e. The van der Waals surface area contributed by atoms with Gasteiger partial charge in [-0.15, -0.1) is 0 Å². The van der Waals surface area contributed by atoms with Crippen LogP contribution in [0, 0.1) is 0 Å². The van der Waals surface area contributed by atoms with Crippen molar-refractivity contribution in [3.63, 3.8) is 0 Å². The molecule has 3 saturated heterocycles. The van der Waals surface area contributed by atoms with Gasteiger partial charge in [0.2, 0.25) is 5.95 Å². The van der Waals surface area contributed by atoms with Gasteiger partial charge >= 0.3 is 0 Å². The van der Waals surface area contributed by atoms with Gasteiger partial charge in [-0.05, 0) is 45.1 Å². The second-order valence-electron chi connectivity index (χ2n) is 9.47. The van der Waals surface area contributed by atoms with Gasteiger partial charge < -0.3 is 19.8 Å². The van der Waals surface area contributed by atoms with Crippen LogP contribution in [0.1, 0.15) is 51.4 Å². The van der Waals surface area contributed by atoms with E-state index in [2.05, 4.69) is 25.7 Å². The maximum absolute atomic E-state index is 9.19. The average Bonchev–Trinajstić information content (AvgIpc) is 3.52. The van der Waals surface area contributed by atoms with Crippen molar-refractivity contribution in [2.24, 2.45) is 0 Å². The van der Waals surface area contributed by atoms with Crippen LogP contribution in [0.15, 0.2) is 6.07 Å². The molecule has 11 heteroatoms. The van der Waals surface area contributed by atoms with Crippen LogP contribution in [0.5, 0.6) is 0 Å². The van der Waals surface area contributed by atoms with Crippen LogP contribution in [0.4, 0.5) is 17.6 Å². The fourth-order valence-electron chi connectivity index (χ4n) is 4.74. The van der Waals surface area contributed by atoms with Crippen molar-refractivity contribution in [2.75, 3.05) is 86.5 Å². The zero-order valence-electron chi connectivity index (χ0n) is 20.6. The zero-order chi connectivity index (χ0) is 24.4. The Morgan fingerprint density at radius 2 is 1.24 bits per heavy atom. The van der Waals surface area contributed by atoms with Crippen molar-refractivity contribution < 1.29 is 18.1 Å². The molecule has 0 saturated carbocycles. The quantitative estimate of drug-likeness (QED) is 0.386. The van der Waals surface area contributed by atoms with Gasteiger partial charge in [0.15, 0.2) is 0 Å². The summed E-state index contributed by atoms with van der Waals surface area (Å²) in [6.07, 6.45) is 10.3. The van der Waals surface area contributed by atoms with Crippen molar-refractivity contribution in [3.05, 3.63) is 6.07 Å². The van der Waals surface area contributed by atoms with Gasteiger partial charge in [0.1, 0.15) is 11.6 Å². The van der Waals surface area contributed by atoms with Gasteiger partial charge in [0, 0.05) is 65.0 Å². The van der Waals surface area contributed by atoms with E-state index in [4.69, 9.17) is 19.6 Å². The number of aromatic nitrogens is 2. The molecule has 4 rings (SSSR count). The average molecular weight is 499 g/mol. The van der Waals surface area contributed by atoms with Crippen LogP contribution in [-0.4, -0.2) is 105 Å². The number of anilines is 3. The number of hydrogen-bond acceptors (Lipinski definition) is 9. The SMILES string of the molecule is CS(=O)(=O)O.OCCCCCCN1CCN(c2cc(N3CCCC3)nc(N3CCCC3)n2)CC1. The van der Waals surface area contributed by atoms with Crippen LogP contribution in [-0.2, 0) is 10.1 Å². The lowest BCUT2D eigenvalue weighted by molar-refractivity contribution is 0.247. The lowest BCUT2D eigenvalue weighted by atomic mass is 10.2. The summed E-state index contributed by atoms with van der Waals surface area (Å²) in [5.41, 5.74) is 0. The Labute approximate surface area is 204 Å². The number of aliphatic hydroxyl groups excluding tert-OH is 1. The van der Waals surface area contributed by atoms with Crippen molar-refractivity contribution in [1.29, 1.82) is 0 Å². The molecule has 10 nitrogen and oxygen atoms in total. The highest BCUT2D eigenvalue weighted by atomic mass is 32.2. The molecule has 0 spiro atoms. The predicted molar refractivity (Wildman–Crippen MR) is 137 cm³/mol. The van der Waals surface area contributed by atoms with E-state index in [9.17, 15) is 8.42 Å². The van der Waals surface area contributed by atoms with Crippen LogP contribution in [0.3, 0.4) is 0 Å². The Morgan fingerprint density at radius 1 is 0.765 bits per heavy atom. The summed E-state index contributed by atoms with van der Waals surface area (Å²) in [4.78, 5) is 19.8. The number of hydrogen-bond donors (Lipinski definition) is 2. The molecule has 0 unspecified atom stereocenters. The first-order chi connectivity index (χ1) is 16.3. The predicted octanol–water partition coefficient (Wildman–Crippen LogP) is 1.86. The second-order valence-corrected chi connectivity index (χ2v) is 10.9. The molecule has 0 bridgehead atoms. The molecule has 34 heavy (non-hydrogen) atoms. The zero-order valence-corrected chi connectivity index (χ0v) is 21.4. The fourth-order valence-corrected chi connectivity index (χ4v) is 4.74. The Balaban J connectivity index is 0.000000588. The highest BCUT2D eigenvalue weighted by Gasteiger charge is 2.24. The normalized spacial score (nSPS) is 19.4. The lowest BCUT2D eigenvalue weighted by Gasteiger charge is -2.36. The van der Waals surface area contributed by atoms with E-state index < -0.39 is 10.1 Å². The molecule has 0 aliphatic carbocycles. The molecule has 3 aliphatic heterocycles. The topological polar surface area (TPSA) is 113 Å². The Bertz CT molecular complexity index is 794. The van der Waals surface area contributed by atoms with Crippen LogP contribution < -0.4 is 14.7 Å². The van der Waals surface area contributed by atoms with Gasteiger partial charge in [-0.3, -0.25) is 9.45 Å². The van der Waals surface area contributed by atoms with Crippen LogP contribution in [0.2, 0.25) is 0 Å². The number of piperazine rings is 1. The summed E-state index contributed by atoms with van der Waals surface area (Å²) in [5, 5.41) is 8.90. The molecule has 3 fully saturated rings. The smallest absolute Gasteiger partial charge is 0.261 e. The summed E-state index contributed by atoms with van der Waals surface area (Å²) < 4.78 is 25.9. The summed E-state index contributed by atoms with van der Waals surface area (Å²) in [6.45, 7) is 10.3. The third kappa shape index (κ3) is 9.16. The molecular formula is C23H42N6O4S. The van der Waals surface area contributed by atoms with Crippen molar-refractivity contribution >= 4 is 27.7 Å².